The second kappa shape index (κ2) is 7.50. The van der Waals surface area contributed by atoms with Crippen LogP contribution in [0.15, 0.2) is 28.8 Å². The molecule has 7 nitrogen and oxygen atoms in total. The van der Waals surface area contributed by atoms with E-state index in [1.54, 1.807) is 19.2 Å². The van der Waals surface area contributed by atoms with Crippen LogP contribution in [0.5, 0.6) is 0 Å². The van der Waals surface area contributed by atoms with Gasteiger partial charge in [0.1, 0.15) is 5.82 Å². The number of likely N-dealkylation sites (N-methyl/N-ethyl adjacent to an activating group) is 1. The number of hydrogen-bond acceptors (Lipinski definition) is 6. The van der Waals surface area contributed by atoms with Crippen molar-refractivity contribution in [1.29, 1.82) is 0 Å². The first-order valence-electron chi connectivity index (χ1n) is 7.88. The van der Waals surface area contributed by atoms with E-state index in [-0.39, 0.29) is 24.2 Å². The molecule has 2 aromatic rings. The Balaban J connectivity index is 1.71. The molecule has 2 heterocycles. The summed E-state index contributed by atoms with van der Waals surface area (Å²) >= 11 is 0. The van der Waals surface area contributed by atoms with Crippen LogP contribution in [0.4, 0.5) is 4.39 Å². The largest absolute Gasteiger partial charge is 0.359 e. The van der Waals surface area contributed by atoms with Gasteiger partial charge in [0.05, 0.1) is 13.0 Å². The minimum Gasteiger partial charge on any atom is -0.359 e. The maximum absolute atomic E-state index is 13.5. The number of halogens is 1. The lowest BCUT2D eigenvalue weighted by atomic mass is 10.0. The normalized spacial score (nSPS) is 18.5. The van der Waals surface area contributed by atoms with Crippen molar-refractivity contribution in [3.63, 3.8) is 0 Å². The molecule has 0 bridgehead atoms. The van der Waals surface area contributed by atoms with Gasteiger partial charge >= 0.3 is 0 Å². The summed E-state index contributed by atoms with van der Waals surface area (Å²) in [5.41, 5.74) is 0.910. The lowest BCUT2D eigenvalue weighted by Gasteiger charge is -2.35. The number of carbonyl (C=O) groups excluding carboxylic acids is 1. The topological polar surface area (TPSA) is 83.3 Å². The monoisotopic (exact) mass is 333 g/mol. The number of aromatic nitrogens is 2. The molecule has 1 amide bonds. The standard InChI is InChI=1S/C16H20FN5O2/c1-18-15(23)8-14-20-16(24-21-14)10-22-6-5-19-9-13(22)11-3-2-4-12(17)7-11/h2-4,7,13,19H,5-6,8-10H2,1H3,(H,18,23). The SMILES string of the molecule is CNC(=O)Cc1noc(CN2CCNCC2c2cccc(F)c2)n1. The molecule has 0 aliphatic carbocycles. The number of nitrogens with one attached hydrogen (secondary N) is 2. The number of carbonyl (C=O) groups is 1. The van der Waals surface area contributed by atoms with E-state index in [9.17, 15) is 9.18 Å². The lowest BCUT2D eigenvalue weighted by Crippen LogP contribution is -2.45. The van der Waals surface area contributed by atoms with Crippen LogP contribution in [0.25, 0.3) is 0 Å². The van der Waals surface area contributed by atoms with Gasteiger partial charge in [0, 0.05) is 32.7 Å². The Morgan fingerprint density at radius 3 is 3.21 bits per heavy atom. The Morgan fingerprint density at radius 2 is 2.42 bits per heavy atom. The molecule has 3 rings (SSSR count). The summed E-state index contributed by atoms with van der Waals surface area (Å²) < 4.78 is 18.8. The van der Waals surface area contributed by atoms with E-state index in [1.165, 1.54) is 6.07 Å². The van der Waals surface area contributed by atoms with Gasteiger partial charge < -0.3 is 15.2 Å². The van der Waals surface area contributed by atoms with Crippen molar-refractivity contribution in [2.45, 2.75) is 19.0 Å². The first-order chi connectivity index (χ1) is 11.7. The molecule has 0 spiro atoms. The zero-order chi connectivity index (χ0) is 16.9. The molecule has 2 N–H and O–H groups in total. The maximum atomic E-state index is 13.5. The highest BCUT2D eigenvalue weighted by atomic mass is 19.1. The fraction of sp³-hybridized carbons (Fsp3) is 0.438. The molecule has 0 radical (unpaired) electrons. The molecule has 1 unspecified atom stereocenters. The highest BCUT2D eigenvalue weighted by Gasteiger charge is 2.26. The average Bonchev–Trinajstić information content (AvgIpc) is 3.02. The van der Waals surface area contributed by atoms with Crippen LogP contribution in [0.1, 0.15) is 23.3 Å². The highest BCUT2D eigenvalue weighted by Crippen LogP contribution is 2.24. The van der Waals surface area contributed by atoms with Gasteiger partial charge in [-0.25, -0.2) is 4.39 Å². The van der Waals surface area contributed by atoms with E-state index >= 15 is 0 Å². The summed E-state index contributed by atoms with van der Waals surface area (Å²) in [7, 11) is 1.56. The minimum absolute atomic E-state index is 0.0312. The van der Waals surface area contributed by atoms with Gasteiger partial charge in [0.15, 0.2) is 5.82 Å². The number of benzene rings is 1. The average molecular weight is 333 g/mol. The zero-order valence-electron chi connectivity index (χ0n) is 13.5. The fourth-order valence-corrected chi connectivity index (χ4v) is 2.81. The first-order valence-corrected chi connectivity index (χ1v) is 7.88. The molecule has 1 atom stereocenters. The predicted molar refractivity (Wildman–Crippen MR) is 84.5 cm³/mol. The molecule has 8 heteroatoms. The predicted octanol–water partition coefficient (Wildman–Crippen LogP) is 0.644. The second-order valence-electron chi connectivity index (χ2n) is 5.70. The first kappa shape index (κ1) is 16.5. The molecule has 1 saturated heterocycles. The van der Waals surface area contributed by atoms with Gasteiger partial charge in [-0.05, 0) is 17.7 Å². The van der Waals surface area contributed by atoms with Crippen molar-refractivity contribution in [3.8, 4) is 0 Å². The second-order valence-corrected chi connectivity index (χ2v) is 5.70. The Bertz CT molecular complexity index is 705. The summed E-state index contributed by atoms with van der Waals surface area (Å²) in [5.74, 6) is 0.407. The van der Waals surface area contributed by atoms with Crippen molar-refractivity contribution >= 4 is 5.91 Å². The summed E-state index contributed by atoms with van der Waals surface area (Å²) in [6.45, 7) is 2.81. The third-order valence-corrected chi connectivity index (χ3v) is 4.03. The Hall–Kier alpha value is -2.32. The molecule has 1 aromatic carbocycles. The van der Waals surface area contributed by atoms with Crippen molar-refractivity contribution in [3.05, 3.63) is 47.4 Å². The van der Waals surface area contributed by atoms with Crippen LogP contribution in [-0.2, 0) is 17.8 Å². The molecule has 1 aliphatic rings. The van der Waals surface area contributed by atoms with Gasteiger partial charge in [-0.1, -0.05) is 17.3 Å². The number of nitrogens with zero attached hydrogens (tertiary/aromatic N) is 3. The number of piperazine rings is 1. The molecular weight excluding hydrogens is 313 g/mol. The molecule has 1 fully saturated rings. The van der Waals surface area contributed by atoms with Gasteiger partial charge in [-0.15, -0.1) is 0 Å². The summed E-state index contributed by atoms with van der Waals surface area (Å²) in [4.78, 5) is 17.8. The number of hydrogen-bond donors (Lipinski definition) is 2. The minimum atomic E-state index is -0.247. The van der Waals surface area contributed by atoms with Crippen LogP contribution in [0.2, 0.25) is 0 Å². The van der Waals surface area contributed by atoms with Crippen LogP contribution in [0.3, 0.4) is 0 Å². The van der Waals surface area contributed by atoms with Gasteiger partial charge in [0.25, 0.3) is 0 Å². The van der Waals surface area contributed by atoms with Gasteiger partial charge in [-0.3, -0.25) is 9.69 Å². The maximum Gasteiger partial charge on any atom is 0.240 e. The molecule has 0 saturated carbocycles. The number of amides is 1. The van der Waals surface area contributed by atoms with Crippen LogP contribution >= 0.6 is 0 Å². The highest BCUT2D eigenvalue weighted by molar-refractivity contribution is 5.77. The summed E-state index contributed by atoms with van der Waals surface area (Å²) in [5, 5.41) is 9.68. The molecular formula is C16H20FN5O2. The van der Waals surface area contributed by atoms with Crippen molar-refractivity contribution < 1.29 is 13.7 Å². The molecule has 128 valence electrons. The van der Waals surface area contributed by atoms with Crippen LogP contribution in [0, 0.1) is 5.82 Å². The zero-order valence-corrected chi connectivity index (χ0v) is 13.5. The van der Waals surface area contributed by atoms with Crippen LogP contribution < -0.4 is 10.6 Å². The Labute approximate surface area is 139 Å². The third kappa shape index (κ3) is 3.95. The van der Waals surface area contributed by atoms with E-state index < -0.39 is 0 Å². The smallest absolute Gasteiger partial charge is 0.240 e. The molecule has 1 aliphatic heterocycles. The van der Waals surface area contributed by atoms with Gasteiger partial charge in [-0.2, -0.15) is 4.98 Å². The van der Waals surface area contributed by atoms with E-state index in [0.29, 0.717) is 18.3 Å². The van der Waals surface area contributed by atoms with Gasteiger partial charge in [0.2, 0.25) is 11.8 Å². The van der Waals surface area contributed by atoms with Crippen LogP contribution in [-0.4, -0.2) is 47.6 Å². The fourth-order valence-electron chi connectivity index (χ4n) is 2.81. The molecule has 1 aromatic heterocycles. The van der Waals surface area contributed by atoms with E-state index in [4.69, 9.17) is 4.52 Å². The van der Waals surface area contributed by atoms with Crippen molar-refractivity contribution in [1.82, 2.24) is 25.7 Å². The van der Waals surface area contributed by atoms with Crippen molar-refractivity contribution in [2.24, 2.45) is 0 Å². The molecule has 24 heavy (non-hydrogen) atoms. The third-order valence-electron chi connectivity index (χ3n) is 4.03. The van der Waals surface area contributed by atoms with E-state index in [2.05, 4.69) is 25.7 Å². The number of rotatable bonds is 5. The lowest BCUT2D eigenvalue weighted by molar-refractivity contribution is -0.120. The van der Waals surface area contributed by atoms with Crippen molar-refractivity contribution in [2.75, 3.05) is 26.7 Å². The Morgan fingerprint density at radius 1 is 1.54 bits per heavy atom. The summed E-state index contributed by atoms with van der Waals surface area (Å²) in [6.07, 6.45) is 0.0921. The van der Waals surface area contributed by atoms with E-state index in [1.807, 2.05) is 6.07 Å². The summed E-state index contributed by atoms with van der Waals surface area (Å²) in [6, 6.07) is 6.65. The quantitative estimate of drug-likeness (QED) is 0.836. The Kier molecular flexibility index (Phi) is 5.17. The van der Waals surface area contributed by atoms with E-state index in [0.717, 1.165) is 25.2 Å².